The lowest BCUT2D eigenvalue weighted by Gasteiger charge is -2.03. The van der Waals surface area contributed by atoms with E-state index in [1.807, 2.05) is 42.0 Å². The molecular formula is C16H14N6O. The second-order valence-corrected chi connectivity index (χ2v) is 5.30. The van der Waals surface area contributed by atoms with Gasteiger partial charge in [0.2, 0.25) is 0 Å². The molecule has 7 nitrogen and oxygen atoms in total. The smallest absolute Gasteiger partial charge is 0.255 e. The van der Waals surface area contributed by atoms with E-state index in [2.05, 4.69) is 20.4 Å². The molecule has 0 aliphatic rings. The first kappa shape index (κ1) is 13.4. The number of hydrogen-bond donors (Lipinski definition) is 1. The van der Waals surface area contributed by atoms with E-state index in [9.17, 15) is 4.79 Å². The van der Waals surface area contributed by atoms with Gasteiger partial charge in [-0.15, -0.1) is 0 Å². The van der Waals surface area contributed by atoms with E-state index in [4.69, 9.17) is 0 Å². The molecule has 4 rings (SSSR count). The minimum absolute atomic E-state index is 0.163. The van der Waals surface area contributed by atoms with Crippen molar-refractivity contribution in [2.75, 3.05) is 0 Å². The quantitative estimate of drug-likeness (QED) is 0.624. The van der Waals surface area contributed by atoms with Gasteiger partial charge >= 0.3 is 0 Å². The van der Waals surface area contributed by atoms with Gasteiger partial charge < -0.3 is 9.72 Å². The third-order valence-corrected chi connectivity index (χ3v) is 3.73. The fourth-order valence-corrected chi connectivity index (χ4v) is 2.63. The lowest BCUT2D eigenvalue weighted by Crippen LogP contribution is -2.23. The lowest BCUT2D eigenvalue weighted by molar-refractivity contribution is 0.0952. The van der Waals surface area contributed by atoms with Gasteiger partial charge in [-0.1, -0.05) is 6.07 Å². The van der Waals surface area contributed by atoms with Crippen molar-refractivity contribution in [3.63, 3.8) is 0 Å². The molecule has 0 radical (unpaired) electrons. The molecule has 1 N–H and O–H groups in total. The van der Waals surface area contributed by atoms with Gasteiger partial charge in [0.05, 0.1) is 35.7 Å². The molecule has 4 aromatic heterocycles. The van der Waals surface area contributed by atoms with Crippen LogP contribution in [0.1, 0.15) is 21.6 Å². The molecule has 0 aliphatic heterocycles. The van der Waals surface area contributed by atoms with E-state index in [1.165, 1.54) is 0 Å². The van der Waals surface area contributed by atoms with Gasteiger partial charge in [-0.2, -0.15) is 5.10 Å². The summed E-state index contributed by atoms with van der Waals surface area (Å²) >= 11 is 0. The van der Waals surface area contributed by atoms with Crippen LogP contribution in [-0.2, 0) is 6.54 Å². The normalized spacial score (nSPS) is 11.2. The number of carbonyl (C=O) groups excluding carboxylic acids is 1. The van der Waals surface area contributed by atoms with Crippen LogP contribution < -0.4 is 5.32 Å². The Hall–Kier alpha value is -3.22. The number of aryl methyl sites for hydroxylation is 1. The van der Waals surface area contributed by atoms with Crippen molar-refractivity contribution in [2.45, 2.75) is 13.5 Å². The molecule has 0 unspecified atom stereocenters. The van der Waals surface area contributed by atoms with Crippen LogP contribution in [0.2, 0.25) is 0 Å². The van der Waals surface area contributed by atoms with Crippen molar-refractivity contribution in [3.05, 3.63) is 66.1 Å². The highest BCUT2D eigenvalue weighted by molar-refractivity contribution is 6.01. The average molecular weight is 306 g/mol. The maximum absolute atomic E-state index is 12.4. The summed E-state index contributed by atoms with van der Waals surface area (Å²) in [6.45, 7) is 2.31. The molecule has 0 saturated carbocycles. The minimum atomic E-state index is -0.163. The Morgan fingerprint density at radius 1 is 1.30 bits per heavy atom. The van der Waals surface area contributed by atoms with Gasteiger partial charge in [0.25, 0.3) is 5.91 Å². The van der Waals surface area contributed by atoms with Crippen LogP contribution in [-0.4, -0.2) is 29.9 Å². The Balaban J connectivity index is 1.57. The molecule has 0 spiro atoms. The highest BCUT2D eigenvalue weighted by atomic mass is 16.1. The molecule has 0 saturated heterocycles. The van der Waals surface area contributed by atoms with Crippen LogP contribution in [0.15, 0.2) is 49.3 Å². The number of pyridine rings is 1. The molecule has 4 aromatic rings. The highest BCUT2D eigenvalue weighted by Gasteiger charge is 2.14. The Labute approximate surface area is 131 Å². The third-order valence-electron chi connectivity index (χ3n) is 3.73. The molecule has 4 heterocycles. The van der Waals surface area contributed by atoms with Crippen molar-refractivity contribution in [3.8, 4) is 0 Å². The molecule has 0 fully saturated rings. The Kier molecular flexibility index (Phi) is 3.04. The van der Waals surface area contributed by atoms with Crippen molar-refractivity contribution < 1.29 is 4.79 Å². The first-order valence-corrected chi connectivity index (χ1v) is 7.21. The Bertz CT molecular complexity index is 983. The zero-order chi connectivity index (χ0) is 15.8. The van der Waals surface area contributed by atoms with Crippen LogP contribution >= 0.6 is 0 Å². The van der Waals surface area contributed by atoms with Gasteiger partial charge in [-0.25, -0.2) is 9.50 Å². The number of amides is 1. The van der Waals surface area contributed by atoms with Crippen LogP contribution in [0.5, 0.6) is 0 Å². The van der Waals surface area contributed by atoms with Crippen molar-refractivity contribution in [1.29, 1.82) is 0 Å². The van der Waals surface area contributed by atoms with Crippen LogP contribution in [0.25, 0.3) is 11.2 Å². The number of fused-ring (bicyclic) bond motifs is 2. The summed E-state index contributed by atoms with van der Waals surface area (Å²) < 4.78 is 3.58. The minimum Gasteiger partial charge on any atom is -0.346 e. The zero-order valence-electron chi connectivity index (χ0n) is 12.5. The fourth-order valence-electron chi connectivity index (χ4n) is 2.63. The standard InChI is InChI=1S/C16H14N6O/c1-11-3-2-5-22-15(11)13(8-19-22)16(23)18-7-12-10-21-6-4-17-9-14(21)20-12/h2-6,8-10H,7H2,1H3,(H,18,23). The fraction of sp³-hybridized carbons (Fsp3) is 0.125. The van der Waals surface area contributed by atoms with Gasteiger partial charge in [0.1, 0.15) is 0 Å². The molecular weight excluding hydrogens is 292 g/mol. The Morgan fingerprint density at radius 3 is 3.09 bits per heavy atom. The van der Waals surface area contributed by atoms with Gasteiger partial charge in [0, 0.05) is 24.8 Å². The largest absolute Gasteiger partial charge is 0.346 e. The molecule has 0 aromatic carbocycles. The molecule has 7 heteroatoms. The number of rotatable bonds is 3. The summed E-state index contributed by atoms with van der Waals surface area (Å²) in [5.41, 5.74) is 3.93. The topological polar surface area (TPSA) is 76.6 Å². The molecule has 0 atom stereocenters. The monoisotopic (exact) mass is 306 g/mol. The van der Waals surface area contributed by atoms with Crippen molar-refractivity contribution in [2.24, 2.45) is 0 Å². The van der Waals surface area contributed by atoms with Crippen LogP contribution in [0, 0.1) is 6.92 Å². The van der Waals surface area contributed by atoms with E-state index in [-0.39, 0.29) is 5.91 Å². The van der Waals surface area contributed by atoms with E-state index < -0.39 is 0 Å². The molecule has 114 valence electrons. The third kappa shape index (κ3) is 2.32. The maximum Gasteiger partial charge on any atom is 0.255 e. The first-order valence-electron chi connectivity index (χ1n) is 7.21. The maximum atomic E-state index is 12.4. The number of carbonyl (C=O) groups is 1. The predicted molar refractivity (Wildman–Crippen MR) is 84.1 cm³/mol. The summed E-state index contributed by atoms with van der Waals surface area (Å²) in [5.74, 6) is -0.163. The zero-order valence-corrected chi connectivity index (χ0v) is 12.5. The SMILES string of the molecule is Cc1cccn2ncc(C(=O)NCc3cn4ccncc4n3)c12. The van der Waals surface area contributed by atoms with E-state index >= 15 is 0 Å². The number of imidazole rings is 1. The summed E-state index contributed by atoms with van der Waals surface area (Å²) in [6, 6.07) is 3.87. The second kappa shape index (κ2) is 5.20. The molecule has 0 aliphatic carbocycles. The predicted octanol–water partition coefficient (Wildman–Crippen LogP) is 1.62. The first-order chi connectivity index (χ1) is 11.2. The van der Waals surface area contributed by atoms with E-state index in [0.29, 0.717) is 12.1 Å². The summed E-state index contributed by atoms with van der Waals surface area (Å²) in [7, 11) is 0. The van der Waals surface area contributed by atoms with E-state index in [0.717, 1.165) is 22.4 Å². The van der Waals surface area contributed by atoms with Crippen molar-refractivity contribution >= 4 is 17.1 Å². The van der Waals surface area contributed by atoms with Gasteiger partial charge in [-0.3, -0.25) is 9.78 Å². The summed E-state index contributed by atoms with van der Waals surface area (Å²) in [6.07, 6.45) is 10.5. The summed E-state index contributed by atoms with van der Waals surface area (Å²) in [5, 5.41) is 7.11. The van der Waals surface area contributed by atoms with Crippen molar-refractivity contribution in [1.82, 2.24) is 29.3 Å². The van der Waals surface area contributed by atoms with Gasteiger partial charge in [0.15, 0.2) is 5.65 Å². The number of nitrogens with zero attached hydrogens (tertiary/aromatic N) is 5. The highest BCUT2D eigenvalue weighted by Crippen LogP contribution is 2.15. The number of aromatic nitrogens is 5. The van der Waals surface area contributed by atoms with Gasteiger partial charge in [-0.05, 0) is 18.6 Å². The summed E-state index contributed by atoms with van der Waals surface area (Å²) in [4.78, 5) is 20.9. The number of nitrogens with one attached hydrogen (secondary N) is 1. The number of hydrogen-bond acceptors (Lipinski definition) is 4. The Morgan fingerprint density at radius 2 is 2.22 bits per heavy atom. The molecule has 0 bridgehead atoms. The lowest BCUT2D eigenvalue weighted by atomic mass is 10.1. The van der Waals surface area contributed by atoms with Crippen LogP contribution in [0.3, 0.4) is 0 Å². The van der Waals surface area contributed by atoms with Crippen LogP contribution in [0.4, 0.5) is 0 Å². The van der Waals surface area contributed by atoms with E-state index in [1.54, 1.807) is 23.1 Å². The molecule has 1 amide bonds. The average Bonchev–Trinajstić information content (AvgIpc) is 3.17. The molecule has 23 heavy (non-hydrogen) atoms. The second-order valence-electron chi connectivity index (χ2n) is 5.30.